The van der Waals surface area contributed by atoms with Gasteiger partial charge in [-0.2, -0.15) is 0 Å². The Balaban J connectivity index is 3.01. The van der Waals surface area contributed by atoms with Crippen LogP contribution in [0.2, 0.25) is 0 Å². The zero-order valence-electron chi connectivity index (χ0n) is 12.8. The second-order valence-corrected chi connectivity index (χ2v) is 5.27. The van der Waals surface area contributed by atoms with E-state index < -0.39 is 5.54 Å². The van der Waals surface area contributed by atoms with Crippen molar-refractivity contribution in [1.29, 1.82) is 0 Å². The van der Waals surface area contributed by atoms with Crippen LogP contribution in [0.1, 0.15) is 45.7 Å². The van der Waals surface area contributed by atoms with E-state index in [1.54, 1.807) is 0 Å². The summed E-state index contributed by atoms with van der Waals surface area (Å²) in [6.07, 6.45) is 1.84. The predicted octanol–water partition coefficient (Wildman–Crippen LogP) is 3.14. The SMILES string of the molecule is CCNC(C)(C)C(=O)Nc1c(CC)cccc1CC. The van der Waals surface area contributed by atoms with Gasteiger partial charge in [-0.25, -0.2) is 0 Å². The van der Waals surface area contributed by atoms with E-state index in [1.807, 2.05) is 20.8 Å². The van der Waals surface area contributed by atoms with Gasteiger partial charge in [0.1, 0.15) is 0 Å². The van der Waals surface area contributed by atoms with Crippen LogP contribution in [-0.2, 0) is 17.6 Å². The van der Waals surface area contributed by atoms with E-state index in [0.29, 0.717) is 0 Å². The number of hydrogen-bond acceptors (Lipinski definition) is 2. The molecule has 0 radical (unpaired) electrons. The van der Waals surface area contributed by atoms with Crippen LogP contribution in [0.15, 0.2) is 18.2 Å². The second kappa shape index (κ2) is 6.71. The second-order valence-electron chi connectivity index (χ2n) is 5.27. The van der Waals surface area contributed by atoms with Gasteiger partial charge in [-0.15, -0.1) is 0 Å². The number of para-hydroxylation sites is 1. The minimum atomic E-state index is -0.555. The van der Waals surface area contributed by atoms with Gasteiger partial charge in [0.2, 0.25) is 5.91 Å². The van der Waals surface area contributed by atoms with Crippen LogP contribution >= 0.6 is 0 Å². The van der Waals surface area contributed by atoms with Crippen molar-refractivity contribution in [3.05, 3.63) is 29.3 Å². The number of aryl methyl sites for hydroxylation is 2. The van der Waals surface area contributed by atoms with Gasteiger partial charge in [-0.3, -0.25) is 4.79 Å². The van der Waals surface area contributed by atoms with Crippen molar-refractivity contribution in [3.63, 3.8) is 0 Å². The van der Waals surface area contributed by atoms with E-state index in [-0.39, 0.29) is 5.91 Å². The zero-order chi connectivity index (χ0) is 14.5. The number of rotatable bonds is 6. The predicted molar refractivity (Wildman–Crippen MR) is 81.6 cm³/mol. The van der Waals surface area contributed by atoms with E-state index >= 15 is 0 Å². The molecule has 0 aliphatic rings. The molecule has 1 aromatic carbocycles. The van der Waals surface area contributed by atoms with Crippen LogP contribution in [-0.4, -0.2) is 18.0 Å². The van der Waals surface area contributed by atoms with Crippen LogP contribution in [0.3, 0.4) is 0 Å². The van der Waals surface area contributed by atoms with Gasteiger partial charge in [-0.1, -0.05) is 39.0 Å². The fraction of sp³-hybridized carbons (Fsp3) is 0.562. The fourth-order valence-corrected chi connectivity index (χ4v) is 2.20. The lowest BCUT2D eigenvalue weighted by molar-refractivity contribution is -0.121. The van der Waals surface area contributed by atoms with E-state index in [2.05, 4.69) is 42.7 Å². The number of nitrogens with one attached hydrogen (secondary N) is 2. The lowest BCUT2D eigenvalue weighted by atomic mass is 10.00. The number of amides is 1. The molecular formula is C16H26N2O. The van der Waals surface area contributed by atoms with Crippen molar-refractivity contribution in [2.45, 2.75) is 53.0 Å². The maximum Gasteiger partial charge on any atom is 0.244 e. The van der Waals surface area contributed by atoms with Gasteiger partial charge < -0.3 is 10.6 Å². The molecule has 106 valence electrons. The minimum absolute atomic E-state index is 0.0185. The highest BCUT2D eigenvalue weighted by Crippen LogP contribution is 2.23. The maximum atomic E-state index is 12.4. The molecule has 0 saturated heterocycles. The molecule has 0 aromatic heterocycles. The Kier molecular flexibility index (Phi) is 5.55. The lowest BCUT2D eigenvalue weighted by Crippen LogP contribution is -2.49. The van der Waals surface area contributed by atoms with Crippen LogP contribution in [0.4, 0.5) is 5.69 Å². The lowest BCUT2D eigenvalue weighted by Gasteiger charge is -2.26. The molecule has 1 amide bonds. The van der Waals surface area contributed by atoms with Crippen molar-refractivity contribution in [2.75, 3.05) is 11.9 Å². The average Bonchev–Trinajstić information content (AvgIpc) is 2.38. The Morgan fingerprint density at radius 3 is 2.05 bits per heavy atom. The first kappa shape index (κ1) is 15.7. The van der Waals surface area contributed by atoms with Crippen molar-refractivity contribution >= 4 is 11.6 Å². The Labute approximate surface area is 116 Å². The summed E-state index contributed by atoms with van der Waals surface area (Å²) in [5.74, 6) is 0.0185. The van der Waals surface area contributed by atoms with Crippen LogP contribution in [0, 0.1) is 0 Å². The molecule has 0 bridgehead atoms. The fourth-order valence-electron chi connectivity index (χ4n) is 2.20. The van der Waals surface area contributed by atoms with Crippen LogP contribution < -0.4 is 10.6 Å². The summed E-state index contributed by atoms with van der Waals surface area (Å²) in [4.78, 5) is 12.4. The Morgan fingerprint density at radius 1 is 1.11 bits per heavy atom. The summed E-state index contributed by atoms with van der Waals surface area (Å²) < 4.78 is 0. The maximum absolute atomic E-state index is 12.4. The van der Waals surface area contributed by atoms with E-state index in [1.165, 1.54) is 11.1 Å². The molecule has 2 N–H and O–H groups in total. The molecule has 0 aliphatic carbocycles. The van der Waals surface area contributed by atoms with Crippen molar-refractivity contribution in [1.82, 2.24) is 5.32 Å². The molecule has 1 aromatic rings. The number of carbonyl (C=O) groups is 1. The van der Waals surface area contributed by atoms with Gasteiger partial charge >= 0.3 is 0 Å². The summed E-state index contributed by atoms with van der Waals surface area (Å²) in [6.45, 7) is 10.8. The summed E-state index contributed by atoms with van der Waals surface area (Å²) in [7, 11) is 0. The van der Waals surface area contributed by atoms with E-state index in [0.717, 1.165) is 25.1 Å². The van der Waals surface area contributed by atoms with Crippen molar-refractivity contribution in [3.8, 4) is 0 Å². The molecule has 1 rings (SSSR count). The first-order valence-corrected chi connectivity index (χ1v) is 7.13. The van der Waals surface area contributed by atoms with Gasteiger partial charge in [0.25, 0.3) is 0 Å². The average molecular weight is 262 g/mol. The number of anilines is 1. The molecule has 0 fully saturated rings. The van der Waals surface area contributed by atoms with Crippen molar-refractivity contribution < 1.29 is 4.79 Å². The van der Waals surface area contributed by atoms with Crippen molar-refractivity contribution in [2.24, 2.45) is 0 Å². The molecule has 0 unspecified atom stereocenters. The minimum Gasteiger partial charge on any atom is -0.324 e. The molecule has 0 saturated carbocycles. The monoisotopic (exact) mass is 262 g/mol. The summed E-state index contributed by atoms with van der Waals surface area (Å²) in [5, 5.41) is 6.31. The first-order valence-electron chi connectivity index (χ1n) is 7.13. The standard InChI is InChI=1S/C16H26N2O/c1-6-12-10-9-11-13(7-2)14(12)18-15(19)16(4,5)17-8-3/h9-11,17H,6-8H2,1-5H3,(H,18,19). The van der Waals surface area contributed by atoms with Crippen LogP contribution in [0.25, 0.3) is 0 Å². The largest absolute Gasteiger partial charge is 0.324 e. The molecule has 0 atom stereocenters. The number of hydrogen-bond donors (Lipinski definition) is 2. The molecule has 0 heterocycles. The zero-order valence-corrected chi connectivity index (χ0v) is 12.8. The smallest absolute Gasteiger partial charge is 0.244 e. The normalized spacial score (nSPS) is 11.4. The summed E-state index contributed by atoms with van der Waals surface area (Å²) in [6, 6.07) is 6.22. The quantitative estimate of drug-likeness (QED) is 0.827. The summed E-state index contributed by atoms with van der Waals surface area (Å²) >= 11 is 0. The van der Waals surface area contributed by atoms with Gasteiger partial charge in [-0.05, 0) is 44.4 Å². The van der Waals surface area contributed by atoms with Gasteiger partial charge in [0.05, 0.1) is 5.54 Å². The number of likely N-dealkylation sites (N-methyl/N-ethyl adjacent to an activating group) is 1. The third kappa shape index (κ3) is 3.80. The number of benzene rings is 1. The topological polar surface area (TPSA) is 41.1 Å². The third-order valence-corrected chi connectivity index (χ3v) is 3.42. The Morgan fingerprint density at radius 2 is 1.63 bits per heavy atom. The summed E-state index contributed by atoms with van der Waals surface area (Å²) in [5.41, 5.74) is 2.82. The number of carbonyl (C=O) groups excluding carboxylic acids is 1. The molecule has 3 nitrogen and oxygen atoms in total. The van der Waals surface area contributed by atoms with E-state index in [9.17, 15) is 4.79 Å². The molecule has 19 heavy (non-hydrogen) atoms. The van der Waals surface area contributed by atoms with Gasteiger partial charge in [0, 0.05) is 5.69 Å². The van der Waals surface area contributed by atoms with Gasteiger partial charge in [0.15, 0.2) is 0 Å². The Bertz CT molecular complexity index is 416. The Hall–Kier alpha value is -1.35. The first-order chi connectivity index (χ1) is 8.96. The highest BCUT2D eigenvalue weighted by Gasteiger charge is 2.27. The van der Waals surface area contributed by atoms with E-state index in [4.69, 9.17) is 0 Å². The molecule has 0 aliphatic heterocycles. The highest BCUT2D eigenvalue weighted by atomic mass is 16.2. The van der Waals surface area contributed by atoms with Crippen LogP contribution in [0.5, 0.6) is 0 Å². The molecule has 0 spiro atoms. The molecule has 3 heteroatoms. The molecular weight excluding hydrogens is 236 g/mol. The highest BCUT2D eigenvalue weighted by molar-refractivity contribution is 5.98. The third-order valence-electron chi connectivity index (χ3n) is 3.42.